The Morgan fingerprint density at radius 1 is 1.00 bits per heavy atom. The minimum atomic E-state index is 0.848. The first-order valence-electron chi connectivity index (χ1n) is 7.86. The maximum Gasteiger partial charge on any atom is 0.0921 e. The van der Waals surface area contributed by atoms with Gasteiger partial charge in [0.25, 0.3) is 0 Å². The van der Waals surface area contributed by atoms with Crippen LogP contribution in [0.4, 0.5) is 0 Å². The van der Waals surface area contributed by atoms with Crippen molar-refractivity contribution in [3.63, 3.8) is 0 Å². The van der Waals surface area contributed by atoms with Gasteiger partial charge in [-0.3, -0.25) is 0 Å². The number of H-pyrrole nitrogens is 2. The lowest BCUT2D eigenvalue weighted by Crippen LogP contribution is -1.90. The SMILES string of the molecule is Cc1cccc(-c2ccc3[nH]c(Cc4cnc[nH]4)c(C)c3c2)c1. The summed E-state index contributed by atoms with van der Waals surface area (Å²) in [5, 5.41) is 1.29. The zero-order valence-corrected chi connectivity index (χ0v) is 13.4. The van der Waals surface area contributed by atoms with E-state index in [2.05, 4.69) is 71.3 Å². The van der Waals surface area contributed by atoms with Gasteiger partial charge in [-0.25, -0.2) is 4.98 Å². The summed E-state index contributed by atoms with van der Waals surface area (Å²) in [6.45, 7) is 4.32. The second-order valence-corrected chi connectivity index (χ2v) is 6.11. The normalized spacial score (nSPS) is 11.2. The number of nitrogens with one attached hydrogen (secondary N) is 2. The van der Waals surface area contributed by atoms with Gasteiger partial charge in [-0.05, 0) is 42.7 Å². The van der Waals surface area contributed by atoms with Crippen LogP contribution in [0.3, 0.4) is 0 Å². The monoisotopic (exact) mass is 301 g/mol. The van der Waals surface area contributed by atoms with Gasteiger partial charge in [-0.2, -0.15) is 0 Å². The van der Waals surface area contributed by atoms with Gasteiger partial charge in [0.2, 0.25) is 0 Å². The van der Waals surface area contributed by atoms with E-state index in [0.717, 1.165) is 12.1 Å². The fourth-order valence-corrected chi connectivity index (χ4v) is 3.14. The maximum atomic E-state index is 4.09. The van der Waals surface area contributed by atoms with Crippen LogP contribution in [0.2, 0.25) is 0 Å². The molecule has 3 nitrogen and oxygen atoms in total. The molecular formula is C20H19N3. The number of benzene rings is 2. The van der Waals surface area contributed by atoms with Crippen LogP contribution in [0.15, 0.2) is 55.0 Å². The van der Waals surface area contributed by atoms with E-state index >= 15 is 0 Å². The van der Waals surface area contributed by atoms with Crippen molar-refractivity contribution in [3.05, 3.63) is 77.5 Å². The van der Waals surface area contributed by atoms with Gasteiger partial charge in [-0.1, -0.05) is 35.9 Å². The molecule has 0 unspecified atom stereocenters. The topological polar surface area (TPSA) is 44.5 Å². The zero-order chi connectivity index (χ0) is 15.8. The smallest absolute Gasteiger partial charge is 0.0921 e. The third-order valence-corrected chi connectivity index (χ3v) is 4.44. The van der Waals surface area contributed by atoms with Crippen molar-refractivity contribution >= 4 is 10.9 Å². The van der Waals surface area contributed by atoms with E-state index in [-0.39, 0.29) is 0 Å². The summed E-state index contributed by atoms with van der Waals surface area (Å²) in [6.07, 6.45) is 4.45. The average molecular weight is 301 g/mol. The molecule has 114 valence electrons. The standard InChI is InChI=1S/C20H19N3/c1-13-4-3-5-15(8-13)16-6-7-19-18(9-16)14(2)20(23-19)10-17-11-21-12-22-17/h3-9,11-12,23H,10H2,1-2H3,(H,21,22). The van der Waals surface area contributed by atoms with E-state index in [9.17, 15) is 0 Å². The number of fused-ring (bicyclic) bond motifs is 1. The Hall–Kier alpha value is -2.81. The molecule has 0 radical (unpaired) electrons. The number of hydrogen-bond acceptors (Lipinski definition) is 1. The molecular weight excluding hydrogens is 282 g/mol. The van der Waals surface area contributed by atoms with Gasteiger partial charge < -0.3 is 9.97 Å². The number of hydrogen-bond donors (Lipinski definition) is 2. The van der Waals surface area contributed by atoms with E-state index in [1.807, 2.05) is 6.20 Å². The molecule has 0 fully saturated rings. The summed E-state index contributed by atoms with van der Waals surface area (Å²) in [5.74, 6) is 0. The molecule has 23 heavy (non-hydrogen) atoms. The van der Waals surface area contributed by atoms with Gasteiger partial charge in [-0.15, -0.1) is 0 Å². The highest BCUT2D eigenvalue weighted by molar-refractivity contribution is 5.89. The Bertz CT molecular complexity index is 962. The number of imidazole rings is 1. The Morgan fingerprint density at radius 2 is 1.87 bits per heavy atom. The number of aryl methyl sites for hydroxylation is 2. The highest BCUT2D eigenvalue weighted by Crippen LogP contribution is 2.29. The Balaban J connectivity index is 1.78. The van der Waals surface area contributed by atoms with Crippen LogP contribution in [-0.2, 0) is 6.42 Å². The molecule has 2 aromatic heterocycles. The van der Waals surface area contributed by atoms with Gasteiger partial charge in [0.15, 0.2) is 0 Å². The van der Waals surface area contributed by atoms with Crippen LogP contribution < -0.4 is 0 Å². The average Bonchev–Trinajstić information content (AvgIpc) is 3.17. The zero-order valence-electron chi connectivity index (χ0n) is 13.4. The van der Waals surface area contributed by atoms with Crippen LogP contribution >= 0.6 is 0 Å². The molecule has 0 spiro atoms. The van der Waals surface area contributed by atoms with Gasteiger partial charge in [0.1, 0.15) is 0 Å². The molecule has 0 aliphatic heterocycles. The van der Waals surface area contributed by atoms with Gasteiger partial charge >= 0.3 is 0 Å². The molecule has 2 heterocycles. The summed E-state index contributed by atoms with van der Waals surface area (Å²) in [7, 11) is 0. The molecule has 0 atom stereocenters. The van der Waals surface area contributed by atoms with E-state index in [4.69, 9.17) is 0 Å². The number of nitrogens with zero attached hydrogens (tertiary/aromatic N) is 1. The van der Waals surface area contributed by atoms with Gasteiger partial charge in [0, 0.05) is 34.9 Å². The Kier molecular flexibility index (Phi) is 3.27. The molecule has 2 N–H and O–H groups in total. The first kappa shape index (κ1) is 13.8. The van der Waals surface area contributed by atoms with E-state index in [0.29, 0.717) is 0 Å². The van der Waals surface area contributed by atoms with Crippen LogP contribution in [0, 0.1) is 13.8 Å². The fourth-order valence-electron chi connectivity index (χ4n) is 3.14. The minimum absolute atomic E-state index is 0.848. The molecule has 3 heteroatoms. The largest absolute Gasteiger partial charge is 0.358 e. The lowest BCUT2D eigenvalue weighted by Gasteiger charge is -2.04. The molecule has 0 saturated heterocycles. The van der Waals surface area contributed by atoms with Crippen molar-refractivity contribution in [2.45, 2.75) is 20.3 Å². The molecule has 0 amide bonds. The van der Waals surface area contributed by atoms with Crippen LogP contribution in [0.5, 0.6) is 0 Å². The van der Waals surface area contributed by atoms with Crippen molar-refractivity contribution in [2.24, 2.45) is 0 Å². The second-order valence-electron chi connectivity index (χ2n) is 6.11. The lowest BCUT2D eigenvalue weighted by molar-refractivity contribution is 1.04. The van der Waals surface area contributed by atoms with Crippen molar-refractivity contribution in [3.8, 4) is 11.1 Å². The maximum absolute atomic E-state index is 4.09. The van der Waals surface area contributed by atoms with Crippen molar-refractivity contribution in [2.75, 3.05) is 0 Å². The molecule has 4 aromatic rings. The summed E-state index contributed by atoms with van der Waals surface area (Å²) < 4.78 is 0. The third kappa shape index (κ3) is 2.55. The van der Waals surface area contributed by atoms with Crippen LogP contribution in [-0.4, -0.2) is 15.0 Å². The predicted molar refractivity (Wildman–Crippen MR) is 94.6 cm³/mol. The number of rotatable bonds is 3. The molecule has 0 aliphatic rings. The molecule has 0 bridgehead atoms. The van der Waals surface area contributed by atoms with E-state index < -0.39 is 0 Å². The predicted octanol–water partition coefficient (Wildman–Crippen LogP) is 4.77. The first-order valence-corrected chi connectivity index (χ1v) is 7.86. The van der Waals surface area contributed by atoms with Crippen molar-refractivity contribution in [1.82, 2.24) is 15.0 Å². The highest BCUT2D eigenvalue weighted by Gasteiger charge is 2.10. The first-order chi connectivity index (χ1) is 11.2. The summed E-state index contributed by atoms with van der Waals surface area (Å²) >= 11 is 0. The second kappa shape index (κ2) is 5.43. The third-order valence-electron chi connectivity index (χ3n) is 4.44. The molecule has 2 aromatic carbocycles. The molecule has 0 aliphatic carbocycles. The van der Waals surface area contributed by atoms with Crippen molar-refractivity contribution in [1.29, 1.82) is 0 Å². The highest BCUT2D eigenvalue weighted by atomic mass is 14.9. The Labute approximate surface area is 135 Å². The summed E-state index contributed by atoms with van der Waals surface area (Å²) in [5.41, 5.74) is 8.68. The summed E-state index contributed by atoms with van der Waals surface area (Å²) in [4.78, 5) is 10.8. The summed E-state index contributed by atoms with van der Waals surface area (Å²) in [6, 6.07) is 15.3. The minimum Gasteiger partial charge on any atom is -0.358 e. The van der Waals surface area contributed by atoms with E-state index in [1.165, 1.54) is 38.9 Å². The molecule has 0 saturated carbocycles. The Morgan fingerprint density at radius 3 is 2.65 bits per heavy atom. The van der Waals surface area contributed by atoms with Crippen molar-refractivity contribution < 1.29 is 0 Å². The quantitative estimate of drug-likeness (QED) is 0.562. The van der Waals surface area contributed by atoms with Crippen LogP contribution in [0.1, 0.15) is 22.5 Å². The lowest BCUT2D eigenvalue weighted by atomic mass is 10.0. The van der Waals surface area contributed by atoms with E-state index in [1.54, 1.807) is 6.33 Å². The van der Waals surface area contributed by atoms with Crippen LogP contribution in [0.25, 0.3) is 22.0 Å². The number of aromatic nitrogens is 3. The fraction of sp³-hybridized carbons (Fsp3) is 0.150. The molecule has 4 rings (SSSR count). The number of aromatic amines is 2. The van der Waals surface area contributed by atoms with Gasteiger partial charge in [0.05, 0.1) is 6.33 Å².